The van der Waals surface area contributed by atoms with Gasteiger partial charge in [-0.2, -0.15) is 11.8 Å². The summed E-state index contributed by atoms with van der Waals surface area (Å²) in [7, 11) is 0. The van der Waals surface area contributed by atoms with Crippen molar-refractivity contribution in [1.29, 1.82) is 0 Å². The van der Waals surface area contributed by atoms with Crippen LogP contribution in [0.4, 0.5) is 0 Å². The van der Waals surface area contributed by atoms with Gasteiger partial charge in [0, 0.05) is 23.9 Å². The van der Waals surface area contributed by atoms with Crippen LogP contribution in [0.3, 0.4) is 0 Å². The van der Waals surface area contributed by atoms with Crippen molar-refractivity contribution >= 4 is 17.7 Å². The van der Waals surface area contributed by atoms with Crippen LogP contribution in [0, 0.1) is 0 Å². The Balaban J connectivity index is 2.26. The van der Waals surface area contributed by atoms with E-state index in [1.54, 1.807) is 12.4 Å². The minimum Gasteiger partial charge on any atom is -0.480 e. The van der Waals surface area contributed by atoms with E-state index in [9.17, 15) is 4.79 Å². The summed E-state index contributed by atoms with van der Waals surface area (Å²) in [6, 6.07) is 3.02. The first-order chi connectivity index (χ1) is 6.70. The summed E-state index contributed by atoms with van der Waals surface area (Å²) in [5, 5.41) is 8.53. The predicted octanol–water partition coefficient (Wildman–Crippen LogP) is 0.727. The van der Waals surface area contributed by atoms with Crippen molar-refractivity contribution in [3.05, 3.63) is 30.1 Å². The van der Waals surface area contributed by atoms with Gasteiger partial charge >= 0.3 is 5.97 Å². The van der Waals surface area contributed by atoms with Crippen LogP contribution in [0.5, 0.6) is 0 Å². The molecule has 1 aromatic heterocycles. The second kappa shape index (κ2) is 5.62. The monoisotopic (exact) mass is 212 g/mol. The fourth-order valence-corrected chi connectivity index (χ4v) is 1.78. The Hall–Kier alpha value is -1.07. The first-order valence-electron chi connectivity index (χ1n) is 4.15. The molecule has 0 radical (unpaired) electrons. The van der Waals surface area contributed by atoms with Gasteiger partial charge in [-0.25, -0.2) is 0 Å². The first kappa shape index (κ1) is 11.0. The molecule has 0 saturated heterocycles. The maximum atomic E-state index is 10.4. The van der Waals surface area contributed by atoms with E-state index < -0.39 is 12.0 Å². The minimum absolute atomic E-state index is 0.421. The average molecular weight is 212 g/mol. The first-order valence-corrected chi connectivity index (χ1v) is 5.30. The predicted molar refractivity (Wildman–Crippen MR) is 56.0 cm³/mol. The number of nitrogens with zero attached hydrogens (tertiary/aromatic N) is 1. The molecule has 3 N–H and O–H groups in total. The van der Waals surface area contributed by atoms with Crippen LogP contribution in [0.2, 0.25) is 0 Å². The maximum Gasteiger partial charge on any atom is 0.321 e. The number of aliphatic carboxylic acids is 1. The SMILES string of the molecule is NC(CSCc1cccnc1)C(=O)O. The third kappa shape index (κ3) is 3.76. The van der Waals surface area contributed by atoms with Crippen molar-refractivity contribution in [3.8, 4) is 0 Å². The molecule has 0 aliphatic heterocycles. The van der Waals surface area contributed by atoms with Crippen molar-refractivity contribution in [2.45, 2.75) is 11.8 Å². The lowest BCUT2D eigenvalue weighted by molar-refractivity contribution is -0.137. The number of hydrogen-bond donors (Lipinski definition) is 2. The molecule has 0 aliphatic carbocycles. The molecule has 1 aromatic rings. The van der Waals surface area contributed by atoms with E-state index in [4.69, 9.17) is 10.8 Å². The molecule has 0 fully saturated rings. The lowest BCUT2D eigenvalue weighted by Crippen LogP contribution is -2.32. The highest BCUT2D eigenvalue weighted by molar-refractivity contribution is 7.98. The molecule has 4 nitrogen and oxygen atoms in total. The zero-order chi connectivity index (χ0) is 10.4. The van der Waals surface area contributed by atoms with Gasteiger partial charge in [0.2, 0.25) is 0 Å². The number of pyridine rings is 1. The topological polar surface area (TPSA) is 76.2 Å². The average Bonchev–Trinajstić information content (AvgIpc) is 2.19. The minimum atomic E-state index is -0.955. The van der Waals surface area contributed by atoms with Crippen molar-refractivity contribution in [2.75, 3.05) is 5.75 Å². The third-order valence-corrected chi connectivity index (χ3v) is 2.74. The largest absolute Gasteiger partial charge is 0.480 e. The highest BCUT2D eigenvalue weighted by Gasteiger charge is 2.10. The Morgan fingerprint density at radius 3 is 3.07 bits per heavy atom. The van der Waals surface area contributed by atoms with Gasteiger partial charge in [-0.15, -0.1) is 0 Å². The molecule has 0 aliphatic rings. The fraction of sp³-hybridized carbons (Fsp3) is 0.333. The van der Waals surface area contributed by atoms with Crippen LogP contribution in [0.15, 0.2) is 24.5 Å². The number of carboxylic acids is 1. The molecule has 1 heterocycles. The van der Waals surface area contributed by atoms with Gasteiger partial charge < -0.3 is 10.8 Å². The van der Waals surface area contributed by atoms with Crippen molar-refractivity contribution in [3.63, 3.8) is 0 Å². The van der Waals surface area contributed by atoms with Crippen LogP contribution < -0.4 is 5.73 Å². The van der Waals surface area contributed by atoms with Gasteiger partial charge in [0.05, 0.1) is 0 Å². The van der Waals surface area contributed by atoms with Crippen LogP contribution in [-0.4, -0.2) is 27.9 Å². The number of carboxylic acid groups (broad SMARTS) is 1. The van der Waals surface area contributed by atoms with Crippen LogP contribution in [-0.2, 0) is 10.5 Å². The molecular formula is C9H12N2O2S. The summed E-state index contributed by atoms with van der Waals surface area (Å²) in [5.74, 6) is 0.211. The van der Waals surface area contributed by atoms with Crippen molar-refractivity contribution in [1.82, 2.24) is 4.98 Å². The second-order valence-electron chi connectivity index (χ2n) is 2.82. The molecule has 1 rings (SSSR count). The molecule has 1 atom stereocenters. The maximum absolute atomic E-state index is 10.4. The number of hydrogen-bond acceptors (Lipinski definition) is 4. The number of thioether (sulfide) groups is 1. The number of aromatic nitrogens is 1. The van der Waals surface area contributed by atoms with Gasteiger partial charge in [-0.3, -0.25) is 9.78 Å². The standard InChI is InChI=1S/C9H12N2O2S/c10-8(9(12)13)6-14-5-7-2-1-3-11-4-7/h1-4,8H,5-6,10H2,(H,12,13). The van der Waals surface area contributed by atoms with E-state index in [0.717, 1.165) is 11.3 Å². The van der Waals surface area contributed by atoms with E-state index in [1.807, 2.05) is 12.1 Å². The smallest absolute Gasteiger partial charge is 0.321 e. The second-order valence-corrected chi connectivity index (χ2v) is 3.85. The normalized spacial score (nSPS) is 12.4. The fourth-order valence-electron chi connectivity index (χ4n) is 0.859. The highest BCUT2D eigenvalue weighted by atomic mass is 32.2. The lowest BCUT2D eigenvalue weighted by atomic mass is 10.3. The lowest BCUT2D eigenvalue weighted by Gasteiger charge is -2.05. The Morgan fingerprint density at radius 2 is 2.50 bits per heavy atom. The van der Waals surface area contributed by atoms with E-state index in [2.05, 4.69) is 4.98 Å². The molecule has 0 spiro atoms. The summed E-state index contributed by atoms with van der Waals surface area (Å²) in [4.78, 5) is 14.3. The van der Waals surface area contributed by atoms with E-state index >= 15 is 0 Å². The molecular weight excluding hydrogens is 200 g/mol. The summed E-state index contributed by atoms with van der Waals surface area (Å²) in [6.45, 7) is 0. The molecule has 0 saturated carbocycles. The van der Waals surface area contributed by atoms with Gasteiger partial charge in [0.25, 0.3) is 0 Å². The number of nitrogens with two attached hydrogens (primary N) is 1. The van der Waals surface area contributed by atoms with Crippen molar-refractivity contribution in [2.24, 2.45) is 5.73 Å². The highest BCUT2D eigenvalue weighted by Crippen LogP contribution is 2.11. The third-order valence-electron chi connectivity index (χ3n) is 1.61. The summed E-state index contributed by atoms with van der Waals surface area (Å²) >= 11 is 1.50. The van der Waals surface area contributed by atoms with E-state index in [-0.39, 0.29) is 0 Å². The summed E-state index contributed by atoms with van der Waals surface area (Å²) in [6.07, 6.45) is 3.47. The van der Waals surface area contributed by atoms with Gasteiger partial charge in [-0.1, -0.05) is 6.07 Å². The van der Waals surface area contributed by atoms with Crippen molar-refractivity contribution < 1.29 is 9.90 Å². The molecule has 0 aromatic carbocycles. The quantitative estimate of drug-likeness (QED) is 0.752. The van der Waals surface area contributed by atoms with Crippen LogP contribution >= 0.6 is 11.8 Å². The van der Waals surface area contributed by atoms with Crippen LogP contribution in [0.1, 0.15) is 5.56 Å². The van der Waals surface area contributed by atoms with Gasteiger partial charge in [-0.05, 0) is 11.6 Å². The molecule has 0 amide bonds. The molecule has 1 unspecified atom stereocenters. The zero-order valence-electron chi connectivity index (χ0n) is 7.59. The molecule has 5 heteroatoms. The molecule has 14 heavy (non-hydrogen) atoms. The summed E-state index contributed by atoms with van der Waals surface area (Å²) < 4.78 is 0. The Labute approximate surface area is 86.5 Å². The Morgan fingerprint density at radius 1 is 1.71 bits per heavy atom. The number of rotatable bonds is 5. The zero-order valence-corrected chi connectivity index (χ0v) is 8.41. The molecule has 76 valence electrons. The van der Waals surface area contributed by atoms with E-state index in [1.165, 1.54) is 11.8 Å². The van der Waals surface area contributed by atoms with Gasteiger partial charge in [0.15, 0.2) is 0 Å². The van der Waals surface area contributed by atoms with Gasteiger partial charge in [0.1, 0.15) is 6.04 Å². The molecule has 0 bridgehead atoms. The van der Waals surface area contributed by atoms with Crippen LogP contribution in [0.25, 0.3) is 0 Å². The summed E-state index contributed by atoms with van der Waals surface area (Å²) in [5.41, 5.74) is 6.42. The Bertz CT molecular complexity index is 292. The number of carbonyl (C=O) groups is 1. The van der Waals surface area contributed by atoms with E-state index in [0.29, 0.717) is 5.75 Å². The Kier molecular flexibility index (Phi) is 4.42.